The lowest BCUT2D eigenvalue weighted by molar-refractivity contribution is 0.143. The Bertz CT molecular complexity index is 784. The number of piperidine rings is 1. The smallest absolute Gasteiger partial charge is 0.229 e. The first kappa shape index (κ1) is 19.1. The molecule has 0 atom stereocenters. The van der Waals surface area contributed by atoms with E-state index in [1.807, 2.05) is 6.07 Å². The van der Waals surface area contributed by atoms with E-state index in [0.29, 0.717) is 11.8 Å². The van der Waals surface area contributed by atoms with Crippen LogP contribution in [0.4, 0.5) is 0 Å². The molecule has 0 bridgehead atoms. The van der Waals surface area contributed by atoms with E-state index in [0.717, 1.165) is 49.1 Å². The topological polar surface area (TPSA) is 62.4 Å². The van der Waals surface area contributed by atoms with E-state index in [9.17, 15) is 5.11 Å². The average Bonchev–Trinajstić information content (AvgIpc) is 3.22. The van der Waals surface area contributed by atoms with Crippen molar-refractivity contribution in [3.05, 3.63) is 33.6 Å². The SMILES string of the molecule is CC(C)c1noc(C2CCN(Cc3ccc(C#CC(C)(C)O)s3)CC2)n1. The molecular formula is C20H27N3O2S. The van der Waals surface area contributed by atoms with Gasteiger partial charge in [-0.2, -0.15) is 4.98 Å². The molecule has 6 heteroatoms. The number of thiophene rings is 1. The van der Waals surface area contributed by atoms with Crippen LogP contribution in [0, 0.1) is 11.8 Å². The molecule has 3 rings (SSSR count). The van der Waals surface area contributed by atoms with Crippen LogP contribution in [-0.2, 0) is 6.54 Å². The van der Waals surface area contributed by atoms with Crippen molar-refractivity contribution in [2.45, 2.75) is 64.5 Å². The minimum atomic E-state index is -0.948. The highest BCUT2D eigenvalue weighted by Gasteiger charge is 2.25. The van der Waals surface area contributed by atoms with Crippen molar-refractivity contribution >= 4 is 11.3 Å². The van der Waals surface area contributed by atoms with Crippen molar-refractivity contribution < 1.29 is 9.63 Å². The molecule has 1 saturated heterocycles. The Morgan fingerprint density at radius 2 is 2.08 bits per heavy atom. The van der Waals surface area contributed by atoms with Gasteiger partial charge in [-0.3, -0.25) is 4.90 Å². The molecule has 0 amide bonds. The lowest BCUT2D eigenvalue weighted by Gasteiger charge is -2.29. The lowest BCUT2D eigenvalue weighted by atomic mass is 9.96. The molecular weight excluding hydrogens is 346 g/mol. The number of hydrogen-bond acceptors (Lipinski definition) is 6. The summed E-state index contributed by atoms with van der Waals surface area (Å²) in [6, 6.07) is 4.18. The predicted molar refractivity (Wildman–Crippen MR) is 103 cm³/mol. The number of aliphatic hydroxyl groups is 1. The molecule has 140 valence electrons. The molecule has 1 fully saturated rings. The zero-order chi connectivity index (χ0) is 18.7. The Morgan fingerprint density at radius 3 is 2.69 bits per heavy atom. The Labute approximate surface area is 159 Å². The Kier molecular flexibility index (Phi) is 5.81. The summed E-state index contributed by atoms with van der Waals surface area (Å²) in [4.78, 5) is 9.34. The van der Waals surface area contributed by atoms with Crippen molar-refractivity contribution in [2.24, 2.45) is 0 Å². The van der Waals surface area contributed by atoms with Gasteiger partial charge in [0.05, 0.1) is 4.88 Å². The third kappa shape index (κ3) is 5.16. The predicted octanol–water partition coefficient (Wildman–Crippen LogP) is 3.76. The molecule has 1 aliphatic rings. The molecule has 0 spiro atoms. The van der Waals surface area contributed by atoms with Gasteiger partial charge in [0, 0.05) is 23.3 Å². The number of nitrogens with zero attached hydrogens (tertiary/aromatic N) is 3. The molecule has 0 unspecified atom stereocenters. The summed E-state index contributed by atoms with van der Waals surface area (Å²) in [6.07, 6.45) is 2.10. The Balaban J connectivity index is 1.52. The first-order valence-electron chi connectivity index (χ1n) is 9.20. The quantitative estimate of drug-likeness (QED) is 0.827. The zero-order valence-electron chi connectivity index (χ0n) is 16.0. The van der Waals surface area contributed by atoms with Crippen LogP contribution in [0.3, 0.4) is 0 Å². The largest absolute Gasteiger partial charge is 0.378 e. The van der Waals surface area contributed by atoms with Gasteiger partial charge in [0.25, 0.3) is 0 Å². The minimum absolute atomic E-state index is 0.306. The van der Waals surface area contributed by atoms with E-state index in [-0.39, 0.29) is 0 Å². The summed E-state index contributed by atoms with van der Waals surface area (Å²) in [6.45, 7) is 10.6. The maximum atomic E-state index is 9.70. The molecule has 2 aromatic heterocycles. The van der Waals surface area contributed by atoms with Crippen molar-refractivity contribution in [3.8, 4) is 11.8 Å². The summed E-state index contributed by atoms with van der Waals surface area (Å²) in [5, 5.41) is 13.8. The molecule has 1 N–H and O–H groups in total. The van der Waals surface area contributed by atoms with Crippen LogP contribution in [0.25, 0.3) is 0 Å². The van der Waals surface area contributed by atoms with Gasteiger partial charge in [-0.1, -0.05) is 30.8 Å². The van der Waals surface area contributed by atoms with Crippen molar-refractivity contribution in [3.63, 3.8) is 0 Å². The van der Waals surface area contributed by atoms with Gasteiger partial charge in [0.1, 0.15) is 5.60 Å². The van der Waals surface area contributed by atoms with E-state index in [2.05, 4.69) is 46.8 Å². The zero-order valence-corrected chi connectivity index (χ0v) is 16.8. The minimum Gasteiger partial charge on any atom is -0.378 e. The van der Waals surface area contributed by atoms with E-state index in [1.165, 1.54) is 4.88 Å². The van der Waals surface area contributed by atoms with E-state index in [4.69, 9.17) is 4.52 Å². The van der Waals surface area contributed by atoms with Gasteiger partial charge in [0.15, 0.2) is 5.82 Å². The van der Waals surface area contributed by atoms with Crippen molar-refractivity contribution in [1.82, 2.24) is 15.0 Å². The first-order chi connectivity index (χ1) is 12.3. The van der Waals surface area contributed by atoms with E-state index >= 15 is 0 Å². The maximum absolute atomic E-state index is 9.70. The van der Waals surface area contributed by atoms with Crippen LogP contribution in [0.2, 0.25) is 0 Å². The molecule has 0 aromatic carbocycles. The fourth-order valence-electron chi connectivity index (χ4n) is 2.95. The fourth-order valence-corrected chi connectivity index (χ4v) is 3.85. The van der Waals surface area contributed by atoms with Gasteiger partial charge in [-0.25, -0.2) is 0 Å². The average molecular weight is 374 g/mol. The summed E-state index contributed by atoms with van der Waals surface area (Å²) < 4.78 is 5.46. The second-order valence-electron chi connectivity index (χ2n) is 7.77. The van der Waals surface area contributed by atoms with Crippen LogP contribution in [0.5, 0.6) is 0 Å². The van der Waals surface area contributed by atoms with Gasteiger partial charge < -0.3 is 9.63 Å². The second-order valence-corrected chi connectivity index (χ2v) is 8.94. The molecule has 0 saturated carbocycles. The van der Waals surface area contributed by atoms with Gasteiger partial charge in [-0.05, 0) is 51.9 Å². The number of hydrogen-bond donors (Lipinski definition) is 1. The summed E-state index contributed by atoms with van der Waals surface area (Å²) in [5.41, 5.74) is -0.948. The van der Waals surface area contributed by atoms with Crippen LogP contribution in [0.1, 0.15) is 73.8 Å². The van der Waals surface area contributed by atoms with Crippen LogP contribution < -0.4 is 0 Å². The molecule has 5 nitrogen and oxygen atoms in total. The molecule has 1 aliphatic heterocycles. The van der Waals surface area contributed by atoms with Crippen LogP contribution in [-0.4, -0.2) is 38.8 Å². The summed E-state index contributed by atoms with van der Waals surface area (Å²) >= 11 is 1.70. The maximum Gasteiger partial charge on any atom is 0.229 e. The molecule has 0 aliphatic carbocycles. The third-order valence-electron chi connectivity index (χ3n) is 4.44. The van der Waals surface area contributed by atoms with Gasteiger partial charge in [0.2, 0.25) is 5.89 Å². The molecule has 26 heavy (non-hydrogen) atoms. The highest BCUT2D eigenvalue weighted by Crippen LogP contribution is 2.29. The van der Waals surface area contributed by atoms with Gasteiger partial charge >= 0.3 is 0 Å². The highest BCUT2D eigenvalue weighted by molar-refractivity contribution is 7.12. The van der Waals surface area contributed by atoms with Gasteiger partial charge in [-0.15, -0.1) is 11.3 Å². The van der Waals surface area contributed by atoms with E-state index < -0.39 is 5.60 Å². The molecule has 0 radical (unpaired) electrons. The van der Waals surface area contributed by atoms with Crippen molar-refractivity contribution in [1.29, 1.82) is 0 Å². The van der Waals surface area contributed by atoms with E-state index in [1.54, 1.807) is 25.2 Å². The summed E-state index contributed by atoms with van der Waals surface area (Å²) in [5.74, 6) is 8.21. The summed E-state index contributed by atoms with van der Waals surface area (Å²) in [7, 11) is 0. The third-order valence-corrected chi connectivity index (χ3v) is 5.43. The number of rotatable bonds is 4. The van der Waals surface area contributed by atoms with Crippen LogP contribution >= 0.6 is 11.3 Å². The Hall–Kier alpha value is -1.68. The Morgan fingerprint density at radius 1 is 1.35 bits per heavy atom. The fraction of sp³-hybridized carbons (Fsp3) is 0.600. The molecule has 2 aromatic rings. The highest BCUT2D eigenvalue weighted by atomic mass is 32.1. The lowest BCUT2D eigenvalue weighted by Crippen LogP contribution is -2.32. The standard InChI is InChI=1S/C20H27N3O2S/c1-14(2)18-21-19(25-22-18)15-8-11-23(12-9-15)13-17-6-5-16(26-17)7-10-20(3,4)24/h5-6,14-15,24H,8-9,11-13H2,1-4H3. The van der Waals surface area contributed by atoms with Crippen molar-refractivity contribution in [2.75, 3.05) is 13.1 Å². The number of likely N-dealkylation sites (tertiary alicyclic amines) is 1. The molecule has 3 heterocycles. The number of aromatic nitrogens is 2. The first-order valence-corrected chi connectivity index (χ1v) is 10.0. The van der Waals surface area contributed by atoms with Crippen LogP contribution in [0.15, 0.2) is 16.7 Å². The monoisotopic (exact) mass is 373 g/mol. The second kappa shape index (κ2) is 7.91. The normalized spacial score (nSPS) is 16.7.